The van der Waals surface area contributed by atoms with Gasteiger partial charge in [-0.1, -0.05) is 12.5 Å². The summed E-state index contributed by atoms with van der Waals surface area (Å²) >= 11 is 0. The largest absolute Gasteiger partial charge is 0.490 e. The number of hydrogen-bond donors (Lipinski definition) is 1. The van der Waals surface area contributed by atoms with E-state index in [1.165, 1.54) is 24.8 Å². The lowest BCUT2D eigenvalue weighted by Gasteiger charge is -2.17. The molecule has 0 aromatic heterocycles. The van der Waals surface area contributed by atoms with E-state index < -0.39 is 0 Å². The van der Waals surface area contributed by atoms with Crippen LogP contribution in [0.15, 0.2) is 18.2 Å². The van der Waals surface area contributed by atoms with E-state index in [2.05, 4.69) is 12.1 Å². The minimum Gasteiger partial charge on any atom is -0.490 e. The Labute approximate surface area is 121 Å². The van der Waals surface area contributed by atoms with Crippen molar-refractivity contribution < 1.29 is 9.47 Å². The Bertz CT molecular complexity index is 464. The Kier molecular flexibility index (Phi) is 3.88. The summed E-state index contributed by atoms with van der Waals surface area (Å²) in [5.74, 6) is 4.10. The molecule has 0 radical (unpaired) electrons. The van der Waals surface area contributed by atoms with Gasteiger partial charge in [0.15, 0.2) is 11.5 Å². The summed E-state index contributed by atoms with van der Waals surface area (Å²) in [6, 6.07) is 6.33. The number of benzene rings is 1. The quantitative estimate of drug-likeness (QED) is 0.863. The van der Waals surface area contributed by atoms with E-state index >= 15 is 0 Å². The first-order valence-electron chi connectivity index (χ1n) is 7.91. The van der Waals surface area contributed by atoms with Crippen LogP contribution >= 0.6 is 0 Å². The molecule has 1 aromatic rings. The molecule has 2 aliphatic rings. The summed E-state index contributed by atoms with van der Waals surface area (Å²) in [6.07, 6.45) is 4.14. The molecule has 20 heavy (non-hydrogen) atoms. The molecule has 0 saturated heterocycles. The standard InChI is InChI=1S/C17H25NO2/c1-3-19-14-9-8-11(10-15(14)20-4-2)17(18)16-12-6-5-7-13(12)16/h8-10,12-13,16-17H,3-7,18H2,1-2H3. The lowest BCUT2D eigenvalue weighted by atomic mass is 9.97. The molecule has 3 rings (SSSR count). The van der Waals surface area contributed by atoms with Crippen LogP contribution in [0.4, 0.5) is 0 Å². The highest BCUT2D eigenvalue weighted by Gasteiger charge is 2.55. The van der Waals surface area contributed by atoms with Gasteiger partial charge in [0.1, 0.15) is 0 Å². The highest BCUT2D eigenvalue weighted by Crippen LogP contribution is 2.61. The predicted octanol–water partition coefficient (Wildman–Crippen LogP) is 3.53. The second kappa shape index (κ2) is 5.65. The minimum atomic E-state index is 0.153. The maximum atomic E-state index is 6.48. The second-order valence-electron chi connectivity index (χ2n) is 5.93. The summed E-state index contributed by atoms with van der Waals surface area (Å²) in [5, 5.41) is 0. The van der Waals surface area contributed by atoms with Crippen molar-refractivity contribution >= 4 is 0 Å². The highest BCUT2D eigenvalue weighted by molar-refractivity contribution is 5.44. The smallest absolute Gasteiger partial charge is 0.161 e. The summed E-state index contributed by atoms with van der Waals surface area (Å²) < 4.78 is 11.3. The number of ether oxygens (including phenoxy) is 2. The van der Waals surface area contributed by atoms with Crippen LogP contribution in [0.3, 0.4) is 0 Å². The molecule has 2 N–H and O–H groups in total. The molecule has 0 spiro atoms. The molecular weight excluding hydrogens is 250 g/mol. The fourth-order valence-corrected chi connectivity index (χ4v) is 3.91. The van der Waals surface area contributed by atoms with E-state index in [4.69, 9.17) is 15.2 Å². The Morgan fingerprint density at radius 3 is 2.40 bits per heavy atom. The number of rotatable bonds is 6. The van der Waals surface area contributed by atoms with Gasteiger partial charge < -0.3 is 15.2 Å². The van der Waals surface area contributed by atoms with Gasteiger partial charge >= 0.3 is 0 Å². The van der Waals surface area contributed by atoms with Gasteiger partial charge in [-0.3, -0.25) is 0 Å². The van der Waals surface area contributed by atoms with Crippen molar-refractivity contribution in [2.75, 3.05) is 13.2 Å². The third-order valence-electron chi connectivity index (χ3n) is 4.84. The minimum absolute atomic E-state index is 0.153. The number of fused-ring (bicyclic) bond motifs is 1. The predicted molar refractivity (Wildman–Crippen MR) is 80.0 cm³/mol. The van der Waals surface area contributed by atoms with Crippen molar-refractivity contribution in [2.24, 2.45) is 23.5 Å². The van der Waals surface area contributed by atoms with Gasteiger partial charge in [0.2, 0.25) is 0 Å². The van der Waals surface area contributed by atoms with Crippen molar-refractivity contribution in [3.05, 3.63) is 23.8 Å². The summed E-state index contributed by atoms with van der Waals surface area (Å²) in [5.41, 5.74) is 7.67. The van der Waals surface area contributed by atoms with Crippen LogP contribution < -0.4 is 15.2 Å². The van der Waals surface area contributed by atoms with E-state index in [1.54, 1.807) is 0 Å². The third-order valence-corrected chi connectivity index (χ3v) is 4.84. The van der Waals surface area contributed by atoms with E-state index in [0.29, 0.717) is 19.1 Å². The molecule has 3 unspecified atom stereocenters. The Morgan fingerprint density at radius 1 is 1.10 bits per heavy atom. The van der Waals surface area contributed by atoms with Gasteiger partial charge in [-0.15, -0.1) is 0 Å². The van der Waals surface area contributed by atoms with Crippen LogP contribution in [0.25, 0.3) is 0 Å². The van der Waals surface area contributed by atoms with Crippen LogP contribution in [0.1, 0.15) is 44.7 Å². The Balaban J connectivity index is 1.77. The molecule has 3 atom stereocenters. The zero-order valence-corrected chi connectivity index (χ0v) is 12.5. The SMILES string of the molecule is CCOc1ccc(C(N)C2C3CCCC32)cc1OCC. The first-order valence-corrected chi connectivity index (χ1v) is 7.91. The molecule has 2 saturated carbocycles. The molecule has 2 aliphatic carbocycles. The average molecular weight is 275 g/mol. The topological polar surface area (TPSA) is 44.5 Å². The molecule has 2 fully saturated rings. The summed E-state index contributed by atoms with van der Waals surface area (Å²) in [7, 11) is 0. The Morgan fingerprint density at radius 2 is 1.75 bits per heavy atom. The number of nitrogens with two attached hydrogens (primary N) is 1. The lowest BCUT2D eigenvalue weighted by Crippen LogP contribution is -2.15. The maximum Gasteiger partial charge on any atom is 0.161 e. The van der Waals surface area contributed by atoms with Crippen molar-refractivity contribution in [1.29, 1.82) is 0 Å². The van der Waals surface area contributed by atoms with Crippen LogP contribution in [0.5, 0.6) is 11.5 Å². The fraction of sp³-hybridized carbons (Fsp3) is 0.647. The fourth-order valence-electron chi connectivity index (χ4n) is 3.91. The summed E-state index contributed by atoms with van der Waals surface area (Å²) in [6.45, 7) is 5.28. The zero-order chi connectivity index (χ0) is 14.1. The van der Waals surface area contributed by atoms with Crippen LogP contribution in [0, 0.1) is 17.8 Å². The zero-order valence-electron chi connectivity index (χ0n) is 12.5. The molecule has 3 nitrogen and oxygen atoms in total. The highest BCUT2D eigenvalue weighted by atomic mass is 16.5. The van der Waals surface area contributed by atoms with Gasteiger partial charge in [0.05, 0.1) is 13.2 Å². The normalized spacial score (nSPS) is 28.9. The monoisotopic (exact) mass is 275 g/mol. The maximum absolute atomic E-state index is 6.48. The second-order valence-corrected chi connectivity index (χ2v) is 5.93. The molecular formula is C17H25NO2. The lowest BCUT2D eigenvalue weighted by molar-refractivity contribution is 0.287. The molecule has 0 aliphatic heterocycles. The average Bonchev–Trinajstić information content (AvgIpc) is 2.93. The van der Waals surface area contributed by atoms with Crippen LogP contribution in [0.2, 0.25) is 0 Å². The number of hydrogen-bond acceptors (Lipinski definition) is 3. The van der Waals surface area contributed by atoms with Crippen molar-refractivity contribution in [2.45, 2.75) is 39.2 Å². The van der Waals surface area contributed by atoms with Gasteiger partial charge in [-0.25, -0.2) is 0 Å². The molecule has 110 valence electrons. The third kappa shape index (κ3) is 2.39. The van der Waals surface area contributed by atoms with Crippen molar-refractivity contribution in [3.8, 4) is 11.5 Å². The summed E-state index contributed by atoms with van der Waals surface area (Å²) in [4.78, 5) is 0. The van der Waals surface area contributed by atoms with Gasteiger partial charge in [0, 0.05) is 6.04 Å². The van der Waals surface area contributed by atoms with Crippen molar-refractivity contribution in [1.82, 2.24) is 0 Å². The van der Waals surface area contributed by atoms with Gasteiger partial charge in [-0.2, -0.15) is 0 Å². The molecule has 0 heterocycles. The van der Waals surface area contributed by atoms with Gasteiger partial charge in [0.25, 0.3) is 0 Å². The first kappa shape index (κ1) is 13.7. The molecule has 0 amide bonds. The first-order chi connectivity index (χ1) is 9.76. The van der Waals surface area contributed by atoms with Crippen LogP contribution in [-0.2, 0) is 0 Å². The van der Waals surface area contributed by atoms with E-state index in [0.717, 1.165) is 23.3 Å². The molecule has 0 bridgehead atoms. The van der Waals surface area contributed by atoms with E-state index in [-0.39, 0.29) is 6.04 Å². The van der Waals surface area contributed by atoms with Crippen molar-refractivity contribution in [3.63, 3.8) is 0 Å². The molecule has 1 aromatic carbocycles. The Hall–Kier alpha value is -1.22. The molecule has 3 heteroatoms. The van der Waals surface area contributed by atoms with Crippen LogP contribution in [-0.4, -0.2) is 13.2 Å². The van der Waals surface area contributed by atoms with E-state index in [1.807, 2.05) is 19.9 Å². The van der Waals surface area contributed by atoms with Gasteiger partial charge in [-0.05, 0) is 62.1 Å². The van der Waals surface area contributed by atoms with E-state index in [9.17, 15) is 0 Å².